The van der Waals surface area contributed by atoms with Crippen molar-refractivity contribution < 1.29 is 4.42 Å². The lowest BCUT2D eigenvalue weighted by atomic mass is 10.0. The van der Waals surface area contributed by atoms with Gasteiger partial charge in [-0.15, -0.1) is 0 Å². The zero-order valence-electron chi connectivity index (χ0n) is 17.1. The number of hydrogen-bond acceptors (Lipinski definition) is 6. The smallest absolute Gasteiger partial charge is 0.232 e. The summed E-state index contributed by atoms with van der Waals surface area (Å²) in [5.41, 5.74) is 1.20. The number of anilines is 1. The molecule has 6 nitrogen and oxygen atoms in total. The number of nitrogens with zero attached hydrogens (tertiary/aromatic N) is 4. The summed E-state index contributed by atoms with van der Waals surface area (Å²) in [5.74, 6) is 0.930. The first-order valence-corrected chi connectivity index (χ1v) is 10.3. The van der Waals surface area contributed by atoms with E-state index >= 15 is 0 Å². The summed E-state index contributed by atoms with van der Waals surface area (Å²) in [6.07, 6.45) is 0. The maximum Gasteiger partial charge on any atom is 0.232 e. The normalized spacial score (nSPS) is 16.6. The summed E-state index contributed by atoms with van der Waals surface area (Å²) < 4.78 is 6.00. The summed E-state index contributed by atoms with van der Waals surface area (Å²) in [5, 5.41) is 15.0. The van der Waals surface area contributed by atoms with E-state index in [1.807, 2.05) is 30.3 Å². The molecule has 0 amide bonds. The van der Waals surface area contributed by atoms with E-state index in [1.54, 1.807) is 0 Å². The lowest BCUT2D eigenvalue weighted by molar-refractivity contribution is 0.110. The van der Waals surface area contributed by atoms with Crippen molar-refractivity contribution in [3.8, 4) is 17.5 Å². The van der Waals surface area contributed by atoms with Crippen molar-refractivity contribution >= 4 is 16.7 Å². The third-order valence-corrected chi connectivity index (χ3v) is 5.79. The second-order valence-electron chi connectivity index (χ2n) is 7.54. The molecule has 0 radical (unpaired) electrons. The molecule has 1 aliphatic heterocycles. The van der Waals surface area contributed by atoms with Crippen molar-refractivity contribution in [1.82, 2.24) is 14.8 Å². The Morgan fingerprint density at radius 1 is 1.14 bits per heavy atom. The van der Waals surface area contributed by atoms with Gasteiger partial charge in [0.25, 0.3) is 0 Å². The average molecular weight is 390 g/mol. The molecule has 1 atom stereocenters. The molecular formula is C23H27N5O. The van der Waals surface area contributed by atoms with Crippen LogP contribution >= 0.6 is 0 Å². The first-order chi connectivity index (χ1) is 14.2. The molecule has 4 rings (SSSR count). The predicted molar refractivity (Wildman–Crippen MR) is 116 cm³/mol. The van der Waals surface area contributed by atoms with Crippen LogP contribution in [0, 0.1) is 11.3 Å². The Balaban J connectivity index is 1.49. The number of likely N-dealkylation sites (N-methyl/N-ethyl adjacent to an activating group) is 1. The molecule has 150 valence electrons. The molecule has 0 bridgehead atoms. The first kappa shape index (κ1) is 19.4. The molecular weight excluding hydrogens is 362 g/mol. The molecule has 0 saturated carbocycles. The van der Waals surface area contributed by atoms with Crippen molar-refractivity contribution in [1.29, 1.82) is 5.26 Å². The Morgan fingerprint density at radius 2 is 1.90 bits per heavy atom. The maximum absolute atomic E-state index is 9.53. The predicted octanol–water partition coefficient (Wildman–Crippen LogP) is 3.80. The zero-order chi connectivity index (χ0) is 20.2. The van der Waals surface area contributed by atoms with Crippen LogP contribution in [0.25, 0.3) is 22.2 Å². The molecule has 1 aliphatic rings. The van der Waals surface area contributed by atoms with E-state index in [-0.39, 0.29) is 0 Å². The number of aromatic nitrogens is 1. The second-order valence-corrected chi connectivity index (χ2v) is 7.54. The van der Waals surface area contributed by atoms with Gasteiger partial charge in [-0.2, -0.15) is 10.2 Å². The lowest BCUT2D eigenvalue weighted by Gasteiger charge is -2.37. The third kappa shape index (κ3) is 4.12. The van der Waals surface area contributed by atoms with Crippen LogP contribution in [0.15, 0.2) is 46.9 Å². The topological polar surface area (TPSA) is 68.3 Å². The van der Waals surface area contributed by atoms with Crippen molar-refractivity contribution in [2.75, 3.05) is 44.6 Å². The standard InChI is InChI=1S/C23H27N5O/c1-3-27-11-13-28(14-12-27)17(2)16-25-23-21(15-24)26-22(29-23)20-10-6-8-18-7-4-5-9-19(18)20/h4-10,17,25H,3,11-14,16H2,1-2H3. The molecule has 2 heterocycles. The largest absolute Gasteiger partial charge is 0.419 e. The van der Waals surface area contributed by atoms with Gasteiger partial charge in [0, 0.05) is 44.3 Å². The number of nitrogens with one attached hydrogen (secondary N) is 1. The highest BCUT2D eigenvalue weighted by atomic mass is 16.4. The fraction of sp³-hybridized carbons (Fsp3) is 0.391. The summed E-state index contributed by atoms with van der Waals surface area (Å²) in [7, 11) is 0. The Morgan fingerprint density at radius 3 is 2.66 bits per heavy atom. The van der Waals surface area contributed by atoms with Crippen LogP contribution in [0.3, 0.4) is 0 Å². The minimum absolute atomic E-state index is 0.302. The zero-order valence-corrected chi connectivity index (χ0v) is 17.1. The molecule has 0 aliphatic carbocycles. The number of nitriles is 1. The summed E-state index contributed by atoms with van der Waals surface area (Å²) in [6, 6.07) is 16.7. The third-order valence-electron chi connectivity index (χ3n) is 5.79. The number of oxazole rings is 1. The first-order valence-electron chi connectivity index (χ1n) is 10.3. The Labute approximate surface area is 171 Å². The van der Waals surface area contributed by atoms with E-state index in [4.69, 9.17) is 4.42 Å². The minimum atomic E-state index is 0.302. The fourth-order valence-electron chi connectivity index (χ4n) is 3.93. The molecule has 0 spiro atoms. The van der Waals surface area contributed by atoms with Crippen LogP contribution in [-0.4, -0.2) is 60.1 Å². The molecule has 1 unspecified atom stereocenters. The van der Waals surface area contributed by atoms with Crippen LogP contribution in [0.5, 0.6) is 0 Å². The molecule has 29 heavy (non-hydrogen) atoms. The monoisotopic (exact) mass is 389 g/mol. The molecule has 1 N–H and O–H groups in total. The van der Waals surface area contributed by atoms with Gasteiger partial charge in [0.1, 0.15) is 6.07 Å². The van der Waals surface area contributed by atoms with E-state index in [1.165, 1.54) is 0 Å². The van der Waals surface area contributed by atoms with Gasteiger partial charge in [-0.25, -0.2) is 0 Å². The van der Waals surface area contributed by atoms with Crippen molar-refractivity contribution in [2.24, 2.45) is 0 Å². The number of benzene rings is 2. The van der Waals surface area contributed by atoms with Crippen LogP contribution in [-0.2, 0) is 0 Å². The quantitative estimate of drug-likeness (QED) is 0.692. The van der Waals surface area contributed by atoms with Gasteiger partial charge in [-0.3, -0.25) is 4.90 Å². The van der Waals surface area contributed by atoms with Crippen LogP contribution in [0.2, 0.25) is 0 Å². The second kappa shape index (κ2) is 8.64. The van der Waals surface area contributed by atoms with E-state index < -0.39 is 0 Å². The van der Waals surface area contributed by atoms with Gasteiger partial charge >= 0.3 is 0 Å². The van der Waals surface area contributed by atoms with Gasteiger partial charge in [0.2, 0.25) is 17.5 Å². The Hall–Kier alpha value is -2.88. The summed E-state index contributed by atoms with van der Waals surface area (Å²) >= 11 is 0. The fourth-order valence-corrected chi connectivity index (χ4v) is 3.93. The van der Waals surface area contributed by atoms with Crippen LogP contribution in [0.4, 0.5) is 5.88 Å². The van der Waals surface area contributed by atoms with Crippen molar-refractivity contribution in [2.45, 2.75) is 19.9 Å². The number of piperazine rings is 1. The number of hydrogen-bond donors (Lipinski definition) is 1. The van der Waals surface area contributed by atoms with Gasteiger partial charge in [0.15, 0.2) is 0 Å². The van der Waals surface area contributed by atoms with E-state index in [0.29, 0.717) is 30.1 Å². The number of rotatable bonds is 6. The van der Waals surface area contributed by atoms with E-state index in [2.05, 4.69) is 52.2 Å². The van der Waals surface area contributed by atoms with E-state index in [0.717, 1.165) is 49.1 Å². The maximum atomic E-state index is 9.53. The highest BCUT2D eigenvalue weighted by Gasteiger charge is 2.22. The van der Waals surface area contributed by atoms with Gasteiger partial charge in [-0.05, 0) is 30.3 Å². The molecule has 1 aromatic heterocycles. The summed E-state index contributed by atoms with van der Waals surface area (Å²) in [4.78, 5) is 9.40. The minimum Gasteiger partial charge on any atom is -0.419 e. The molecule has 6 heteroatoms. The van der Waals surface area contributed by atoms with Gasteiger partial charge < -0.3 is 14.6 Å². The molecule has 2 aromatic carbocycles. The van der Waals surface area contributed by atoms with Gasteiger partial charge in [0.05, 0.1) is 0 Å². The Bertz CT molecular complexity index is 1010. The molecule has 1 fully saturated rings. The SMILES string of the molecule is CCN1CCN(C(C)CNc2oc(-c3cccc4ccccc34)nc2C#N)CC1. The summed E-state index contributed by atoms with van der Waals surface area (Å²) in [6.45, 7) is 10.6. The highest BCUT2D eigenvalue weighted by Crippen LogP contribution is 2.31. The number of fused-ring (bicyclic) bond motifs is 1. The van der Waals surface area contributed by atoms with E-state index in [9.17, 15) is 5.26 Å². The van der Waals surface area contributed by atoms with Crippen LogP contribution in [0.1, 0.15) is 19.5 Å². The van der Waals surface area contributed by atoms with Crippen molar-refractivity contribution in [3.63, 3.8) is 0 Å². The highest BCUT2D eigenvalue weighted by molar-refractivity contribution is 5.94. The molecule has 3 aromatic rings. The Kier molecular flexibility index (Phi) is 5.79. The van der Waals surface area contributed by atoms with Crippen LogP contribution < -0.4 is 5.32 Å². The lowest BCUT2D eigenvalue weighted by Crippen LogP contribution is -2.51. The van der Waals surface area contributed by atoms with Crippen molar-refractivity contribution in [3.05, 3.63) is 48.2 Å². The average Bonchev–Trinajstić information content (AvgIpc) is 3.20. The van der Waals surface area contributed by atoms with Gasteiger partial charge in [-0.1, -0.05) is 43.3 Å². The molecule has 1 saturated heterocycles.